The van der Waals surface area contributed by atoms with E-state index in [-0.39, 0.29) is 5.56 Å². The Bertz CT molecular complexity index is 1040. The molecule has 1 N–H and O–H groups in total. The number of piperazine rings is 1. The van der Waals surface area contributed by atoms with Gasteiger partial charge < -0.3 is 9.88 Å². The molecule has 2 aromatic carbocycles. The minimum Gasteiger partial charge on any atom is -0.368 e. The molecule has 4 rings (SSSR count). The van der Waals surface area contributed by atoms with Gasteiger partial charge in [-0.25, -0.2) is 0 Å². The summed E-state index contributed by atoms with van der Waals surface area (Å²) in [6.45, 7) is 5.14. The van der Waals surface area contributed by atoms with Crippen molar-refractivity contribution in [2.75, 3.05) is 37.6 Å². The number of aromatic amines is 1. The highest BCUT2D eigenvalue weighted by atomic mass is 35.5. The number of nitrogens with zero attached hydrogens (tertiary/aromatic N) is 2. The highest BCUT2D eigenvalue weighted by Gasteiger charge is 2.19. The van der Waals surface area contributed by atoms with Gasteiger partial charge in [-0.15, -0.1) is 0 Å². The summed E-state index contributed by atoms with van der Waals surface area (Å²) < 4.78 is 0. The lowest BCUT2D eigenvalue weighted by Gasteiger charge is -2.36. The fraction of sp³-hybridized carbons (Fsp3) is 0.348. The Morgan fingerprint density at radius 1 is 0.931 bits per heavy atom. The molecule has 1 aliphatic heterocycles. The summed E-state index contributed by atoms with van der Waals surface area (Å²) in [7, 11) is 0. The molecule has 3 aromatic rings. The zero-order valence-corrected chi connectivity index (χ0v) is 17.8. The van der Waals surface area contributed by atoms with Crippen LogP contribution in [0.4, 0.5) is 5.69 Å². The number of hydrogen-bond donors (Lipinski definition) is 1. The van der Waals surface area contributed by atoms with Crippen LogP contribution in [0.3, 0.4) is 0 Å². The van der Waals surface area contributed by atoms with Gasteiger partial charge in [0.15, 0.2) is 0 Å². The second kappa shape index (κ2) is 9.21. The van der Waals surface area contributed by atoms with Crippen LogP contribution >= 0.6 is 23.2 Å². The van der Waals surface area contributed by atoms with Crippen LogP contribution in [0.25, 0.3) is 10.9 Å². The first kappa shape index (κ1) is 20.3. The highest BCUT2D eigenvalue weighted by Crippen LogP contribution is 2.32. The van der Waals surface area contributed by atoms with Gasteiger partial charge in [0, 0.05) is 37.8 Å². The molecule has 1 aromatic heterocycles. The summed E-state index contributed by atoms with van der Waals surface area (Å²) in [5.74, 6) is 0. The van der Waals surface area contributed by atoms with Gasteiger partial charge in [0.25, 0.3) is 0 Å². The predicted molar refractivity (Wildman–Crippen MR) is 123 cm³/mol. The molecule has 2 heterocycles. The SMILES string of the molecule is O=c1ccc2ccc(CCCCN3CCN(c4cccc(Cl)c4Cl)CC3)cc2[nH]1. The summed E-state index contributed by atoms with van der Waals surface area (Å²) in [5.41, 5.74) is 3.19. The Kier molecular flexibility index (Phi) is 6.43. The standard InChI is InChI=1S/C23H25Cl2N3O/c24-19-5-3-6-21(23(19)25)28-14-12-27(13-15-28)11-2-1-4-17-7-8-18-9-10-22(29)26-20(18)16-17/h3,5-10,16H,1-2,4,11-15H2,(H,26,29). The third kappa shape index (κ3) is 4.95. The van der Waals surface area contributed by atoms with Crippen molar-refractivity contribution in [3.63, 3.8) is 0 Å². The molecule has 1 aliphatic rings. The molecular weight excluding hydrogens is 405 g/mol. The molecule has 0 amide bonds. The predicted octanol–water partition coefficient (Wildman–Crippen LogP) is 4.98. The number of benzene rings is 2. The van der Waals surface area contributed by atoms with E-state index >= 15 is 0 Å². The van der Waals surface area contributed by atoms with Gasteiger partial charge in [-0.1, -0.05) is 41.4 Å². The molecule has 0 aliphatic carbocycles. The zero-order chi connectivity index (χ0) is 20.2. The van der Waals surface area contributed by atoms with Crippen molar-refractivity contribution in [1.82, 2.24) is 9.88 Å². The maximum absolute atomic E-state index is 11.5. The quantitative estimate of drug-likeness (QED) is 0.561. The summed E-state index contributed by atoms with van der Waals surface area (Å²) in [5, 5.41) is 2.34. The fourth-order valence-corrected chi connectivity index (χ4v) is 4.38. The third-order valence-electron chi connectivity index (χ3n) is 5.62. The molecule has 0 radical (unpaired) electrons. The van der Waals surface area contributed by atoms with Crippen LogP contribution in [0.2, 0.25) is 10.0 Å². The van der Waals surface area contributed by atoms with Crippen LogP contribution in [0.5, 0.6) is 0 Å². The Hall–Kier alpha value is -2.01. The normalized spacial score (nSPS) is 15.2. The number of pyridine rings is 1. The number of anilines is 1. The lowest BCUT2D eigenvalue weighted by Crippen LogP contribution is -2.46. The van der Waals surface area contributed by atoms with E-state index in [2.05, 4.69) is 33.0 Å². The van der Waals surface area contributed by atoms with Crippen molar-refractivity contribution in [2.24, 2.45) is 0 Å². The Morgan fingerprint density at radius 3 is 2.55 bits per heavy atom. The fourth-order valence-electron chi connectivity index (χ4n) is 3.97. The summed E-state index contributed by atoms with van der Waals surface area (Å²) in [4.78, 5) is 19.3. The van der Waals surface area contributed by atoms with Crippen LogP contribution < -0.4 is 10.5 Å². The van der Waals surface area contributed by atoms with E-state index in [1.165, 1.54) is 12.0 Å². The van der Waals surface area contributed by atoms with E-state index < -0.39 is 0 Å². The zero-order valence-electron chi connectivity index (χ0n) is 16.3. The van der Waals surface area contributed by atoms with E-state index in [0.29, 0.717) is 10.0 Å². The topological polar surface area (TPSA) is 39.3 Å². The molecule has 0 spiro atoms. The molecule has 0 atom stereocenters. The largest absolute Gasteiger partial charge is 0.368 e. The smallest absolute Gasteiger partial charge is 0.248 e. The highest BCUT2D eigenvalue weighted by molar-refractivity contribution is 6.43. The minimum absolute atomic E-state index is 0.0483. The second-order valence-corrected chi connectivity index (χ2v) is 8.39. The Labute approximate surface area is 181 Å². The molecule has 1 fully saturated rings. The number of fused-ring (bicyclic) bond motifs is 1. The molecule has 0 unspecified atom stereocenters. The molecule has 152 valence electrons. The van der Waals surface area contributed by atoms with Crippen molar-refractivity contribution < 1.29 is 0 Å². The number of halogens is 2. The van der Waals surface area contributed by atoms with Crippen LogP contribution in [0.1, 0.15) is 18.4 Å². The Morgan fingerprint density at radius 2 is 1.72 bits per heavy atom. The van der Waals surface area contributed by atoms with Gasteiger partial charge in [0.05, 0.1) is 15.7 Å². The minimum atomic E-state index is -0.0483. The van der Waals surface area contributed by atoms with E-state index in [9.17, 15) is 4.79 Å². The van der Waals surface area contributed by atoms with Crippen molar-refractivity contribution in [2.45, 2.75) is 19.3 Å². The molecule has 0 saturated carbocycles. The number of rotatable bonds is 6. The first-order chi connectivity index (χ1) is 14.1. The van der Waals surface area contributed by atoms with Crippen molar-refractivity contribution >= 4 is 39.8 Å². The van der Waals surface area contributed by atoms with E-state index in [0.717, 1.165) is 62.2 Å². The van der Waals surface area contributed by atoms with Gasteiger partial charge in [0.2, 0.25) is 5.56 Å². The van der Waals surface area contributed by atoms with Crippen LogP contribution in [-0.2, 0) is 6.42 Å². The van der Waals surface area contributed by atoms with Gasteiger partial charge in [0.1, 0.15) is 0 Å². The molecular formula is C23H25Cl2N3O. The third-order valence-corrected chi connectivity index (χ3v) is 6.43. The first-order valence-corrected chi connectivity index (χ1v) is 10.9. The summed E-state index contributed by atoms with van der Waals surface area (Å²) in [6, 6.07) is 15.6. The van der Waals surface area contributed by atoms with Gasteiger partial charge in [-0.3, -0.25) is 9.69 Å². The maximum atomic E-state index is 11.5. The van der Waals surface area contributed by atoms with Gasteiger partial charge in [-0.2, -0.15) is 0 Å². The average Bonchev–Trinajstić information content (AvgIpc) is 2.73. The van der Waals surface area contributed by atoms with E-state index in [4.69, 9.17) is 23.2 Å². The lowest BCUT2D eigenvalue weighted by molar-refractivity contribution is 0.253. The number of unbranched alkanes of at least 4 members (excludes halogenated alkanes) is 1. The number of aryl methyl sites for hydroxylation is 1. The number of H-pyrrole nitrogens is 1. The van der Waals surface area contributed by atoms with Crippen LogP contribution in [0.15, 0.2) is 53.3 Å². The van der Waals surface area contributed by atoms with Crippen molar-refractivity contribution in [3.05, 3.63) is 74.5 Å². The number of nitrogens with one attached hydrogen (secondary N) is 1. The van der Waals surface area contributed by atoms with Gasteiger partial charge >= 0.3 is 0 Å². The van der Waals surface area contributed by atoms with Crippen LogP contribution in [0, 0.1) is 0 Å². The van der Waals surface area contributed by atoms with E-state index in [1.807, 2.05) is 24.3 Å². The van der Waals surface area contributed by atoms with Crippen LogP contribution in [-0.4, -0.2) is 42.6 Å². The molecule has 0 bridgehead atoms. The summed E-state index contributed by atoms with van der Waals surface area (Å²) >= 11 is 12.5. The van der Waals surface area contributed by atoms with Gasteiger partial charge in [-0.05, 0) is 61.0 Å². The number of hydrogen-bond acceptors (Lipinski definition) is 3. The molecule has 1 saturated heterocycles. The molecule has 4 nitrogen and oxygen atoms in total. The molecule has 29 heavy (non-hydrogen) atoms. The maximum Gasteiger partial charge on any atom is 0.248 e. The monoisotopic (exact) mass is 429 g/mol. The second-order valence-electron chi connectivity index (χ2n) is 7.60. The van der Waals surface area contributed by atoms with Crippen molar-refractivity contribution in [3.8, 4) is 0 Å². The Balaban J connectivity index is 1.23. The lowest BCUT2D eigenvalue weighted by atomic mass is 10.1. The summed E-state index contributed by atoms with van der Waals surface area (Å²) in [6.07, 6.45) is 3.34. The molecule has 6 heteroatoms. The van der Waals surface area contributed by atoms with E-state index in [1.54, 1.807) is 6.07 Å². The number of aromatic nitrogens is 1. The first-order valence-electron chi connectivity index (χ1n) is 10.1. The average molecular weight is 430 g/mol. The van der Waals surface area contributed by atoms with Crippen molar-refractivity contribution in [1.29, 1.82) is 0 Å².